The first kappa shape index (κ1) is 55.9. The lowest BCUT2D eigenvalue weighted by Crippen LogP contribution is -2.29. The Balaban J connectivity index is 4.25. The third kappa shape index (κ3) is 44.3. The van der Waals surface area contributed by atoms with Crippen molar-refractivity contribution in [1.82, 2.24) is 0 Å². The van der Waals surface area contributed by atoms with Gasteiger partial charge in [-0.3, -0.25) is 18.6 Å². The summed E-state index contributed by atoms with van der Waals surface area (Å²) < 4.78 is 32.8. The highest BCUT2D eigenvalue weighted by Gasteiger charge is 2.26. The number of phosphoric acid groups is 1. The fraction of sp³-hybridized carbons (Fsp3) is 0.633. The van der Waals surface area contributed by atoms with E-state index in [0.717, 1.165) is 103 Å². The summed E-state index contributed by atoms with van der Waals surface area (Å²) in [5.74, 6) is -0.890. The Labute approximate surface area is 359 Å². The molecule has 0 aromatic heterocycles. The summed E-state index contributed by atoms with van der Waals surface area (Å²) in [5.41, 5.74) is 5.35. The van der Waals surface area contributed by atoms with Gasteiger partial charge in [-0.15, -0.1) is 0 Å². The zero-order valence-corrected chi connectivity index (χ0v) is 37.8. The van der Waals surface area contributed by atoms with Crippen molar-refractivity contribution in [1.29, 1.82) is 0 Å². The van der Waals surface area contributed by atoms with Crippen molar-refractivity contribution in [2.45, 2.75) is 174 Å². The molecule has 2 unspecified atom stereocenters. The number of carbonyl (C=O) groups is 2. The minimum Gasteiger partial charge on any atom is -0.462 e. The molecule has 336 valence electrons. The van der Waals surface area contributed by atoms with Crippen LogP contribution in [0.3, 0.4) is 0 Å². The smallest absolute Gasteiger partial charge is 0.462 e. The molecule has 0 spiro atoms. The topological polar surface area (TPSA) is 134 Å². The quantitative estimate of drug-likeness (QED) is 0.0267. The van der Waals surface area contributed by atoms with Crippen LogP contribution >= 0.6 is 7.82 Å². The Morgan fingerprint density at radius 2 is 0.932 bits per heavy atom. The Morgan fingerprint density at radius 1 is 0.525 bits per heavy atom. The molecule has 9 nitrogen and oxygen atoms in total. The first-order valence-corrected chi connectivity index (χ1v) is 24.2. The second-order valence-corrected chi connectivity index (χ2v) is 16.0. The van der Waals surface area contributed by atoms with E-state index in [9.17, 15) is 19.0 Å². The SMILES string of the molecule is CC/C=C\C/C=C\C/C=C\C/C=C\C/C=C\CCCCCC(=O)OC(COC(=O)CCCCCCCC/C=C\C/C=C\C/C=C\CCCCC)COP(=O)(O)OCCN. The summed E-state index contributed by atoms with van der Waals surface area (Å²) in [5, 5.41) is 0. The summed E-state index contributed by atoms with van der Waals surface area (Å²) in [4.78, 5) is 34.9. The molecular weight excluding hydrogens is 762 g/mol. The van der Waals surface area contributed by atoms with Crippen molar-refractivity contribution in [2.75, 3.05) is 26.4 Å². The van der Waals surface area contributed by atoms with Crippen molar-refractivity contribution < 1.29 is 37.6 Å². The first-order chi connectivity index (χ1) is 28.8. The number of ether oxygens (including phenoxy) is 2. The van der Waals surface area contributed by atoms with Gasteiger partial charge in [0, 0.05) is 19.4 Å². The standard InChI is InChI=1S/C49H82NO8P/c1-3-5-7-9-11-13-15-17-19-21-23-25-27-29-31-33-35-37-39-41-48(51)55-45-47(46-57-59(53,54)56-44-43-50)58-49(52)42-40-38-36-34-32-30-28-26-24-22-20-18-16-14-12-10-8-6-4-2/h6,8,11-14,17-20,23-26,30,32,47H,3-5,7,9-10,15-16,21-22,27-29,31,33-46,50H2,1-2H3,(H,53,54)/b8-6-,13-11-,14-12-,19-17-,20-18-,25-23-,26-24-,32-30-. The lowest BCUT2D eigenvalue weighted by Gasteiger charge is -2.19. The van der Waals surface area contributed by atoms with Gasteiger partial charge < -0.3 is 20.1 Å². The molecule has 0 aromatic carbocycles. The summed E-state index contributed by atoms with van der Waals surface area (Å²) in [6.45, 7) is 3.52. The summed E-state index contributed by atoms with van der Waals surface area (Å²) in [7, 11) is -4.40. The van der Waals surface area contributed by atoms with Gasteiger partial charge in [0.05, 0.1) is 13.2 Å². The Bertz CT molecular complexity index is 1280. The van der Waals surface area contributed by atoms with Crippen LogP contribution in [0.4, 0.5) is 0 Å². The molecule has 10 heteroatoms. The molecule has 0 aliphatic carbocycles. The fourth-order valence-corrected chi connectivity index (χ4v) is 6.37. The Kier molecular flexibility index (Phi) is 42.2. The molecule has 2 atom stereocenters. The van der Waals surface area contributed by atoms with Crippen molar-refractivity contribution in [2.24, 2.45) is 5.73 Å². The molecule has 0 radical (unpaired) electrons. The second-order valence-electron chi connectivity index (χ2n) is 14.5. The van der Waals surface area contributed by atoms with Gasteiger partial charge in [-0.05, 0) is 96.3 Å². The predicted molar refractivity (Wildman–Crippen MR) is 247 cm³/mol. The highest BCUT2D eigenvalue weighted by atomic mass is 31.2. The lowest BCUT2D eigenvalue weighted by atomic mass is 10.1. The van der Waals surface area contributed by atoms with Gasteiger partial charge in [-0.25, -0.2) is 4.57 Å². The monoisotopic (exact) mass is 844 g/mol. The molecule has 0 heterocycles. The largest absolute Gasteiger partial charge is 0.472 e. The van der Waals surface area contributed by atoms with Crippen LogP contribution in [-0.4, -0.2) is 49.3 Å². The van der Waals surface area contributed by atoms with Crippen LogP contribution in [0.25, 0.3) is 0 Å². The van der Waals surface area contributed by atoms with E-state index in [1.54, 1.807) is 0 Å². The molecule has 0 bridgehead atoms. The molecule has 0 aliphatic heterocycles. The summed E-state index contributed by atoms with van der Waals surface area (Å²) in [6, 6.07) is 0. The number of allylic oxidation sites excluding steroid dienone is 16. The number of unbranched alkanes of at least 4 members (excludes halogenated alkanes) is 12. The van der Waals surface area contributed by atoms with Crippen LogP contribution in [0.5, 0.6) is 0 Å². The van der Waals surface area contributed by atoms with Crippen LogP contribution in [-0.2, 0) is 32.7 Å². The van der Waals surface area contributed by atoms with Gasteiger partial charge in [0.25, 0.3) is 0 Å². The van der Waals surface area contributed by atoms with Crippen molar-refractivity contribution in [3.05, 3.63) is 97.2 Å². The fourth-order valence-electron chi connectivity index (χ4n) is 5.61. The van der Waals surface area contributed by atoms with Crippen LogP contribution in [0.1, 0.15) is 168 Å². The van der Waals surface area contributed by atoms with Gasteiger partial charge in [0.2, 0.25) is 0 Å². The molecule has 0 saturated heterocycles. The van der Waals surface area contributed by atoms with Gasteiger partial charge >= 0.3 is 19.8 Å². The van der Waals surface area contributed by atoms with E-state index in [1.165, 1.54) is 25.7 Å². The van der Waals surface area contributed by atoms with Crippen molar-refractivity contribution >= 4 is 19.8 Å². The molecule has 0 aromatic rings. The van der Waals surface area contributed by atoms with Crippen LogP contribution in [0.2, 0.25) is 0 Å². The van der Waals surface area contributed by atoms with Gasteiger partial charge in [0.15, 0.2) is 6.10 Å². The second kappa shape index (κ2) is 44.5. The summed E-state index contributed by atoms with van der Waals surface area (Å²) in [6.07, 6.45) is 57.2. The van der Waals surface area contributed by atoms with Gasteiger partial charge in [0.1, 0.15) is 6.61 Å². The number of nitrogens with two attached hydrogens (primary N) is 1. The maximum atomic E-state index is 12.6. The number of hydrogen-bond acceptors (Lipinski definition) is 8. The zero-order valence-electron chi connectivity index (χ0n) is 36.9. The van der Waals surface area contributed by atoms with E-state index < -0.39 is 32.5 Å². The van der Waals surface area contributed by atoms with E-state index in [-0.39, 0.29) is 32.6 Å². The van der Waals surface area contributed by atoms with Crippen LogP contribution in [0.15, 0.2) is 97.2 Å². The van der Waals surface area contributed by atoms with Gasteiger partial charge in [-0.2, -0.15) is 0 Å². The highest BCUT2D eigenvalue weighted by molar-refractivity contribution is 7.47. The zero-order chi connectivity index (χ0) is 43.2. The minimum absolute atomic E-state index is 0.0400. The third-order valence-electron chi connectivity index (χ3n) is 8.95. The first-order valence-electron chi connectivity index (χ1n) is 22.7. The lowest BCUT2D eigenvalue weighted by molar-refractivity contribution is -0.161. The Morgan fingerprint density at radius 3 is 1.41 bits per heavy atom. The number of esters is 2. The predicted octanol–water partition coefficient (Wildman–Crippen LogP) is 13.4. The average molecular weight is 844 g/mol. The maximum absolute atomic E-state index is 12.6. The van der Waals surface area contributed by atoms with Crippen LogP contribution in [0, 0.1) is 0 Å². The van der Waals surface area contributed by atoms with E-state index >= 15 is 0 Å². The number of carbonyl (C=O) groups excluding carboxylic acids is 2. The van der Waals surface area contributed by atoms with E-state index in [2.05, 4.69) is 111 Å². The molecule has 0 rings (SSSR count). The maximum Gasteiger partial charge on any atom is 0.472 e. The number of hydrogen-bond donors (Lipinski definition) is 2. The van der Waals surface area contributed by atoms with E-state index in [1.807, 2.05) is 0 Å². The van der Waals surface area contributed by atoms with Crippen molar-refractivity contribution in [3.8, 4) is 0 Å². The van der Waals surface area contributed by atoms with E-state index in [4.69, 9.17) is 24.3 Å². The molecule has 0 aliphatic rings. The minimum atomic E-state index is -4.40. The van der Waals surface area contributed by atoms with Crippen molar-refractivity contribution in [3.63, 3.8) is 0 Å². The highest BCUT2D eigenvalue weighted by Crippen LogP contribution is 2.43. The third-order valence-corrected chi connectivity index (χ3v) is 9.94. The molecule has 3 N–H and O–H groups in total. The van der Waals surface area contributed by atoms with Gasteiger partial charge in [-0.1, -0.05) is 156 Å². The van der Waals surface area contributed by atoms with E-state index in [0.29, 0.717) is 12.8 Å². The number of phosphoric ester groups is 1. The van der Waals surface area contributed by atoms with Crippen LogP contribution < -0.4 is 5.73 Å². The summed E-state index contributed by atoms with van der Waals surface area (Å²) >= 11 is 0. The normalized spacial score (nSPS) is 14.2. The Hall–Kier alpha value is -3.07. The molecular formula is C49H82NO8P. The molecule has 59 heavy (non-hydrogen) atoms. The molecule has 0 saturated carbocycles. The molecule has 0 amide bonds. The number of rotatable bonds is 41. The average Bonchev–Trinajstić information content (AvgIpc) is 3.22. The molecule has 0 fully saturated rings.